The van der Waals surface area contributed by atoms with Gasteiger partial charge in [0.25, 0.3) is 5.69 Å². The second-order valence-corrected chi connectivity index (χ2v) is 7.77. The summed E-state index contributed by atoms with van der Waals surface area (Å²) in [6.45, 7) is 1.80. The molecule has 2 aromatic carbocycles. The van der Waals surface area contributed by atoms with E-state index in [0.29, 0.717) is 17.0 Å². The Hall–Kier alpha value is -3.04. The highest BCUT2D eigenvalue weighted by molar-refractivity contribution is 8.00. The summed E-state index contributed by atoms with van der Waals surface area (Å²) in [5, 5.41) is 27.3. The van der Waals surface area contributed by atoms with Crippen LogP contribution in [0, 0.1) is 10.1 Å². The summed E-state index contributed by atoms with van der Waals surface area (Å²) < 4.78 is 5.15. The van der Waals surface area contributed by atoms with Crippen molar-refractivity contribution in [3.8, 4) is 5.75 Å². The van der Waals surface area contributed by atoms with Crippen LogP contribution >= 0.6 is 11.8 Å². The SMILES string of the molecule is COc1ccc(CSC2(C(=O)O)C=C(c3cccc([N+](=O)[O-])c3)NC(C)N2)cc1. The van der Waals surface area contributed by atoms with E-state index in [1.165, 1.54) is 23.9 Å². The molecule has 3 N–H and O–H groups in total. The Morgan fingerprint density at radius 3 is 2.66 bits per heavy atom. The molecule has 9 heteroatoms. The number of ether oxygens (including phenoxy) is 1. The summed E-state index contributed by atoms with van der Waals surface area (Å²) in [4.78, 5) is 21.4. The van der Waals surface area contributed by atoms with Crippen LogP contribution in [-0.4, -0.2) is 34.1 Å². The minimum Gasteiger partial charge on any atom is -0.497 e. The first kappa shape index (κ1) is 20.7. The highest BCUT2D eigenvalue weighted by Gasteiger charge is 2.41. The molecule has 1 aliphatic heterocycles. The molecule has 2 atom stereocenters. The van der Waals surface area contributed by atoms with E-state index in [9.17, 15) is 20.0 Å². The minimum atomic E-state index is -1.38. The van der Waals surface area contributed by atoms with E-state index >= 15 is 0 Å². The van der Waals surface area contributed by atoms with Gasteiger partial charge in [-0.2, -0.15) is 0 Å². The molecule has 1 heterocycles. The Morgan fingerprint density at radius 2 is 2.03 bits per heavy atom. The lowest BCUT2D eigenvalue weighted by Gasteiger charge is -2.37. The Morgan fingerprint density at radius 1 is 1.31 bits per heavy atom. The van der Waals surface area contributed by atoms with Crippen LogP contribution in [-0.2, 0) is 10.5 Å². The molecule has 2 aromatic rings. The van der Waals surface area contributed by atoms with Crippen LogP contribution in [0.5, 0.6) is 5.75 Å². The van der Waals surface area contributed by atoms with Gasteiger partial charge in [0, 0.05) is 29.1 Å². The van der Waals surface area contributed by atoms with Crippen LogP contribution in [0.2, 0.25) is 0 Å². The molecule has 0 aromatic heterocycles. The third-order valence-electron chi connectivity index (χ3n) is 4.46. The van der Waals surface area contributed by atoms with Crippen molar-refractivity contribution in [2.75, 3.05) is 7.11 Å². The van der Waals surface area contributed by atoms with E-state index in [2.05, 4.69) is 10.6 Å². The molecule has 0 amide bonds. The van der Waals surface area contributed by atoms with Gasteiger partial charge in [-0.15, -0.1) is 11.8 Å². The number of carboxylic acid groups (broad SMARTS) is 1. The number of carbonyl (C=O) groups is 1. The maximum atomic E-state index is 12.2. The third kappa shape index (κ3) is 4.69. The van der Waals surface area contributed by atoms with Crippen LogP contribution in [0.1, 0.15) is 18.1 Å². The average Bonchev–Trinajstić information content (AvgIpc) is 2.72. The molecule has 0 aliphatic carbocycles. The molecule has 0 saturated heterocycles. The lowest BCUT2D eigenvalue weighted by molar-refractivity contribution is -0.384. The molecule has 8 nitrogen and oxygen atoms in total. The standard InChI is InChI=1S/C20H21N3O5S/c1-13-21-18(15-4-3-5-16(10-15)23(26)27)11-20(22-13,19(24)25)29-12-14-6-8-17(28-2)9-7-14/h3-11,13,21-22H,12H2,1-2H3,(H,24,25). The van der Waals surface area contributed by atoms with E-state index in [0.717, 1.165) is 11.3 Å². The lowest BCUT2D eigenvalue weighted by atomic mass is 10.1. The van der Waals surface area contributed by atoms with E-state index in [4.69, 9.17) is 4.74 Å². The summed E-state index contributed by atoms with van der Waals surface area (Å²) in [6.07, 6.45) is 1.22. The van der Waals surface area contributed by atoms with Crippen molar-refractivity contribution in [3.63, 3.8) is 0 Å². The van der Waals surface area contributed by atoms with Gasteiger partial charge in [0.2, 0.25) is 0 Å². The molecule has 29 heavy (non-hydrogen) atoms. The topological polar surface area (TPSA) is 114 Å². The van der Waals surface area contributed by atoms with Gasteiger partial charge < -0.3 is 15.2 Å². The molecule has 1 aliphatic rings. The number of nitro groups is 1. The number of aliphatic carboxylic acids is 1. The molecular weight excluding hydrogens is 394 g/mol. The normalized spacial score (nSPS) is 21.0. The Balaban J connectivity index is 1.91. The molecule has 0 radical (unpaired) electrons. The quantitative estimate of drug-likeness (QED) is 0.467. The molecule has 0 spiro atoms. The largest absolute Gasteiger partial charge is 0.497 e. The van der Waals surface area contributed by atoms with Crippen molar-refractivity contribution in [2.45, 2.75) is 23.7 Å². The third-order valence-corrected chi connectivity index (χ3v) is 5.81. The van der Waals surface area contributed by atoms with Crippen molar-refractivity contribution in [3.05, 3.63) is 75.8 Å². The maximum absolute atomic E-state index is 12.2. The van der Waals surface area contributed by atoms with E-state index in [1.54, 1.807) is 32.2 Å². The Bertz CT molecular complexity index is 947. The fourth-order valence-electron chi connectivity index (χ4n) is 3.02. The highest BCUT2D eigenvalue weighted by Crippen LogP contribution is 2.34. The van der Waals surface area contributed by atoms with E-state index in [1.807, 2.05) is 24.3 Å². The fraction of sp³-hybridized carbons (Fsp3) is 0.250. The summed E-state index contributed by atoms with van der Waals surface area (Å²) in [6, 6.07) is 13.5. The number of nitro benzene ring substituents is 1. The minimum absolute atomic E-state index is 0.0526. The summed E-state index contributed by atoms with van der Waals surface area (Å²) in [5.74, 6) is 0.148. The van der Waals surface area contributed by atoms with Crippen LogP contribution in [0.4, 0.5) is 5.69 Å². The van der Waals surface area contributed by atoms with Gasteiger partial charge in [-0.1, -0.05) is 24.3 Å². The first-order chi connectivity index (χ1) is 13.8. The van der Waals surface area contributed by atoms with Crippen molar-refractivity contribution in [1.29, 1.82) is 0 Å². The molecule has 0 saturated carbocycles. The predicted molar refractivity (Wildman–Crippen MR) is 111 cm³/mol. The number of hydrogen-bond acceptors (Lipinski definition) is 7. The molecule has 152 valence electrons. The number of benzene rings is 2. The zero-order valence-corrected chi connectivity index (χ0v) is 16.7. The number of thioether (sulfide) groups is 1. The van der Waals surface area contributed by atoms with Crippen molar-refractivity contribution < 1.29 is 19.6 Å². The fourth-order valence-corrected chi connectivity index (χ4v) is 4.19. The van der Waals surface area contributed by atoms with Crippen molar-refractivity contribution >= 4 is 29.1 Å². The number of nitrogens with zero attached hydrogens (tertiary/aromatic N) is 1. The van der Waals surface area contributed by atoms with Crippen LogP contribution < -0.4 is 15.4 Å². The van der Waals surface area contributed by atoms with Gasteiger partial charge in [0.15, 0.2) is 4.87 Å². The van der Waals surface area contributed by atoms with Gasteiger partial charge in [0.05, 0.1) is 18.2 Å². The Kier molecular flexibility index (Phi) is 6.09. The first-order valence-corrected chi connectivity index (χ1v) is 9.84. The zero-order valence-electron chi connectivity index (χ0n) is 15.9. The van der Waals surface area contributed by atoms with Gasteiger partial charge >= 0.3 is 5.97 Å². The van der Waals surface area contributed by atoms with Gasteiger partial charge in [-0.3, -0.25) is 15.4 Å². The van der Waals surface area contributed by atoms with Gasteiger partial charge in [-0.25, -0.2) is 4.79 Å². The smallest absolute Gasteiger partial charge is 0.338 e. The van der Waals surface area contributed by atoms with Gasteiger partial charge in [0.1, 0.15) is 5.75 Å². The van der Waals surface area contributed by atoms with Gasteiger partial charge in [-0.05, 0) is 30.7 Å². The number of hydrogen-bond donors (Lipinski definition) is 3. The second-order valence-electron chi connectivity index (χ2n) is 6.55. The lowest BCUT2D eigenvalue weighted by Crippen LogP contribution is -2.59. The summed E-state index contributed by atoms with van der Waals surface area (Å²) >= 11 is 1.23. The zero-order chi connectivity index (χ0) is 21.0. The Labute approximate surface area is 172 Å². The number of carboxylic acids is 1. The first-order valence-electron chi connectivity index (χ1n) is 8.85. The maximum Gasteiger partial charge on any atom is 0.338 e. The molecule has 3 rings (SSSR count). The van der Waals surface area contributed by atoms with Crippen molar-refractivity contribution in [2.24, 2.45) is 0 Å². The summed E-state index contributed by atoms with van der Waals surface area (Å²) in [5.41, 5.74) is 1.99. The molecule has 2 unspecified atom stereocenters. The van der Waals surface area contributed by atoms with E-state index < -0.39 is 15.8 Å². The highest BCUT2D eigenvalue weighted by atomic mass is 32.2. The number of rotatable bonds is 7. The van der Waals surface area contributed by atoms with Crippen molar-refractivity contribution in [1.82, 2.24) is 10.6 Å². The number of methoxy groups -OCH3 is 1. The van der Waals surface area contributed by atoms with Crippen LogP contribution in [0.3, 0.4) is 0 Å². The number of non-ortho nitro benzene ring substituents is 1. The predicted octanol–water partition coefficient (Wildman–Crippen LogP) is 3.20. The average molecular weight is 415 g/mol. The molecule has 0 fully saturated rings. The monoisotopic (exact) mass is 415 g/mol. The number of nitrogens with one attached hydrogen (secondary N) is 2. The second kappa shape index (κ2) is 8.54. The molecular formula is C20H21N3O5S. The van der Waals surface area contributed by atoms with Crippen LogP contribution in [0.15, 0.2) is 54.6 Å². The molecule has 0 bridgehead atoms. The van der Waals surface area contributed by atoms with Crippen LogP contribution in [0.25, 0.3) is 5.70 Å². The summed E-state index contributed by atoms with van der Waals surface area (Å²) in [7, 11) is 1.59. The van der Waals surface area contributed by atoms with E-state index in [-0.39, 0.29) is 11.9 Å².